The first-order chi connectivity index (χ1) is 9.08. The number of hydrogen-bond acceptors (Lipinski definition) is 3. The van der Waals surface area contributed by atoms with E-state index in [1.165, 1.54) is 0 Å². The number of amides is 2. The Kier molecular flexibility index (Phi) is 4.39. The lowest BCUT2D eigenvalue weighted by molar-refractivity contribution is -0.147. The summed E-state index contributed by atoms with van der Waals surface area (Å²) >= 11 is 0. The average molecular weight is 268 g/mol. The van der Waals surface area contributed by atoms with E-state index in [9.17, 15) is 14.4 Å². The van der Waals surface area contributed by atoms with Gasteiger partial charge < -0.3 is 14.9 Å². The van der Waals surface area contributed by atoms with Crippen LogP contribution in [0.25, 0.3) is 0 Å². The molecule has 6 nitrogen and oxygen atoms in total. The van der Waals surface area contributed by atoms with Crippen molar-refractivity contribution in [3.05, 3.63) is 0 Å². The third-order valence-corrected chi connectivity index (χ3v) is 3.88. The van der Waals surface area contributed by atoms with Crippen LogP contribution in [0.15, 0.2) is 0 Å². The van der Waals surface area contributed by atoms with Gasteiger partial charge in [-0.25, -0.2) is 0 Å². The van der Waals surface area contributed by atoms with Crippen molar-refractivity contribution in [2.45, 2.75) is 32.1 Å². The molecule has 2 aliphatic rings. The zero-order valence-electron chi connectivity index (χ0n) is 11.0. The van der Waals surface area contributed by atoms with Crippen LogP contribution in [-0.2, 0) is 14.4 Å². The summed E-state index contributed by atoms with van der Waals surface area (Å²) in [6.07, 6.45) is 3.03. The molecule has 2 rings (SSSR count). The van der Waals surface area contributed by atoms with Crippen LogP contribution in [-0.4, -0.2) is 58.9 Å². The van der Waals surface area contributed by atoms with Crippen LogP contribution >= 0.6 is 0 Å². The summed E-state index contributed by atoms with van der Waals surface area (Å²) in [7, 11) is 0. The molecule has 0 saturated carbocycles. The number of carboxylic acid groups (broad SMARTS) is 1. The first-order valence-corrected chi connectivity index (χ1v) is 6.86. The van der Waals surface area contributed by atoms with Gasteiger partial charge in [-0.05, 0) is 19.3 Å². The summed E-state index contributed by atoms with van der Waals surface area (Å²) in [5, 5.41) is 8.98. The van der Waals surface area contributed by atoms with Crippen molar-refractivity contribution in [3.8, 4) is 0 Å². The molecule has 2 aliphatic heterocycles. The molecule has 0 aromatic carbocycles. The van der Waals surface area contributed by atoms with E-state index in [1.807, 2.05) is 4.90 Å². The first kappa shape index (κ1) is 13.8. The second-order valence-electron chi connectivity index (χ2n) is 5.25. The topological polar surface area (TPSA) is 77.9 Å². The quantitative estimate of drug-likeness (QED) is 0.779. The molecular weight excluding hydrogens is 248 g/mol. The number of hydrogen-bond donors (Lipinski definition) is 1. The van der Waals surface area contributed by atoms with Gasteiger partial charge in [0.05, 0.1) is 5.92 Å². The van der Waals surface area contributed by atoms with Gasteiger partial charge in [0.1, 0.15) is 0 Å². The summed E-state index contributed by atoms with van der Waals surface area (Å²) in [5.41, 5.74) is 0. The standard InChI is InChI=1S/C13H20N2O4/c16-11-3-1-6-14(11)7-2-8-15-9-10(13(18)19)4-5-12(15)17/h10H,1-9H2,(H,18,19)/t10-/m0/s1. The number of rotatable bonds is 5. The van der Waals surface area contributed by atoms with E-state index < -0.39 is 11.9 Å². The highest BCUT2D eigenvalue weighted by Gasteiger charge is 2.29. The van der Waals surface area contributed by atoms with E-state index in [-0.39, 0.29) is 11.8 Å². The van der Waals surface area contributed by atoms with E-state index in [1.54, 1.807) is 4.90 Å². The van der Waals surface area contributed by atoms with E-state index in [2.05, 4.69) is 0 Å². The fraction of sp³-hybridized carbons (Fsp3) is 0.769. The Morgan fingerprint density at radius 2 is 1.84 bits per heavy atom. The molecule has 6 heteroatoms. The van der Waals surface area contributed by atoms with Crippen molar-refractivity contribution < 1.29 is 19.5 Å². The van der Waals surface area contributed by atoms with Crippen molar-refractivity contribution in [3.63, 3.8) is 0 Å². The fourth-order valence-electron chi connectivity index (χ4n) is 2.73. The summed E-state index contributed by atoms with van der Waals surface area (Å²) in [4.78, 5) is 37.5. The largest absolute Gasteiger partial charge is 0.481 e. The van der Waals surface area contributed by atoms with Gasteiger partial charge in [-0.1, -0.05) is 0 Å². The maximum Gasteiger partial charge on any atom is 0.308 e. The minimum Gasteiger partial charge on any atom is -0.481 e. The van der Waals surface area contributed by atoms with Crippen molar-refractivity contribution >= 4 is 17.8 Å². The van der Waals surface area contributed by atoms with Crippen LogP contribution in [0.5, 0.6) is 0 Å². The number of carboxylic acids is 1. The van der Waals surface area contributed by atoms with Crippen LogP contribution < -0.4 is 0 Å². The molecule has 1 atom stereocenters. The summed E-state index contributed by atoms with van der Waals surface area (Å²) in [5.74, 6) is -1.04. The molecule has 0 radical (unpaired) electrons. The second kappa shape index (κ2) is 6.04. The van der Waals surface area contributed by atoms with Crippen molar-refractivity contribution in [2.75, 3.05) is 26.2 Å². The molecule has 19 heavy (non-hydrogen) atoms. The van der Waals surface area contributed by atoms with Crippen LogP contribution in [0.3, 0.4) is 0 Å². The summed E-state index contributed by atoms with van der Waals surface area (Å²) in [6.45, 7) is 2.33. The van der Waals surface area contributed by atoms with Gasteiger partial charge in [-0.3, -0.25) is 14.4 Å². The molecule has 2 heterocycles. The average Bonchev–Trinajstić information content (AvgIpc) is 2.77. The molecule has 0 spiro atoms. The minimum absolute atomic E-state index is 0.0326. The molecule has 1 N–H and O–H groups in total. The smallest absolute Gasteiger partial charge is 0.308 e. The molecule has 0 aromatic rings. The minimum atomic E-state index is -0.827. The van der Waals surface area contributed by atoms with E-state index in [0.717, 1.165) is 19.4 Å². The summed E-state index contributed by atoms with van der Waals surface area (Å²) < 4.78 is 0. The third kappa shape index (κ3) is 3.45. The van der Waals surface area contributed by atoms with Crippen molar-refractivity contribution in [2.24, 2.45) is 5.92 Å². The molecular formula is C13H20N2O4. The van der Waals surface area contributed by atoms with E-state index in [0.29, 0.717) is 38.9 Å². The van der Waals surface area contributed by atoms with Gasteiger partial charge in [-0.15, -0.1) is 0 Å². The number of carbonyl (C=O) groups is 3. The molecule has 2 fully saturated rings. The molecule has 0 unspecified atom stereocenters. The molecule has 2 saturated heterocycles. The zero-order valence-corrected chi connectivity index (χ0v) is 11.0. The van der Waals surface area contributed by atoms with Crippen LogP contribution in [0.1, 0.15) is 32.1 Å². The first-order valence-electron chi connectivity index (χ1n) is 6.86. The molecule has 2 amide bonds. The number of nitrogens with zero attached hydrogens (tertiary/aromatic N) is 2. The van der Waals surface area contributed by atoms with Crippen LogP contribution in [0, 0.1) is 5.92 Å². The van der Waals surface area contributed by atoms with Crippen molar-refractivity contribution in [1.82, 2.24) is 9.80 Å². The van der Waals surface area contributed by atoms with Gasteiger partial charge in [0.2, 0.25) is 11.8 Å². The van der Waals surface area contributed by atoms with Gasteiger partial charge in [0.15, 0.2) is 0 Å². The predicted molar refractivity (Wildman–Crippen MR) is 67.4 cm³/mol. The Balaban J connectivity index is 1.76. The zero-order chi connectivity index (χ0) is 13.8. The maximum absolute atomic E-state index is 11.7. The van der Waals surface area contributed by atoms with Gasteiger partial charge in [0.25, 0.3) is 0 Å². The number of carbonyl (C=O) groups excluding carboxylic acids is 2. The molecule has 106 valence electrons. The lowest BCUT2D eigenvalue weighted by Crippen LogP contribution is -2.43. The van der Waals surface area contributed by atoms with Gasteiger partial charge in [0, 0.05) is 39.0 Å². The Labute approximate surface area is 112 Å². The highest BCUT2D eigenvalue weighted by atomic mass is 16.4. The third-order valence-electron chi connectivity index (χ3n) is 3.88. The predicted octanol–water partition coefficient (Wildman–Crippen LogP) is 0.322. The monoisotopic (exact) mass is 268 g/mol. The number of aliphatic carboxylic acids is 1. The lowest BCUT2D eigenvalue weighted by Gasteiger charge is -2.31. The Bertz CT molecular complexity index is 383. The van der Waals surface area contributed by atoms with Gasteiger partial charge in [-0.2, -0.15) is 0 Å². The van der Waals surface area contributed by atoms with Gasteiger partial charge >= 0.3 is 5.97 Å². The molecule has 0 aromatic heterocycles. The SMILES string of the molecule is O=C(O)[C@H]1CCC(=O)N(CCCN2CCCC2=O)C1. The van der Waals surface area contributed by atoms with E-state index >= 15 is 0 Å². The Morgan fingerprint density at radius 1 is 1.16 bits per heavy atom. The fourth-order valence-corrected chi connectivity index (χ4v) is 2.73. The normalized spacial score (nSPS) is 24.1. The Morgan fingerprint density at radius 3 is 2.47 bits per heavy atom. The van der Waals surface area contributed by atoms with Crippen LogP contribution in [0.2, 0.25) is 0 Å². The second-order valence-corrected chi connectivity index (χ2v) is 5.25. The maximum atomic E-state index is 11.7. The number of likely N-dealkylation sites (tertiary alicyclic amines) is 2. The summed E-state index contributed by atoms with van der Waals surface area (Å²) in [6, 6.07) is 0. The van der Waals surface area contributed by atoms with Crippen molar-refractivity contribution in [1.29, 1.82) is 0 Å². The highest BCUT2D eigenvalue weighted by molar-refractivity contribution is 5.80. The number of piperidine rings is 1. The molecule has 0 aliphatic carbocycles. The Hall–Kier alpha value is -1.59. The van der Waals surface area contributed by atoms with E-state index in [4.69, 9.17) is 5.11 Å². The lowest BCUT2D eigenvalue weighted by atomic mass is 9.97. The molecule has 0 bridgehead atoms. The van der Waals surface area contributed by atoms with Crippen LogP contribution in [0.4, 0.5) is 0 Å². The highest BCUT2D eigenvalue weighted by Crippen LogP contribution is 2.18.